The zero-order valence-corrected chi connectivity index (χ0v) is 8.63. The van der Waals surface area contributed by atoms with Gasteiger partial charge in [-0.1, -0.05) is 0 Å². The van der Waals surface area contributed by atoms with Crippen molar-refractivity contribution in [2.45, 2.75) is 6.42 Å². The molecule has 88 valence electrons. The summed E-state index contributed by atoms with van der Waals surface area (Å²) in [5, 5.41) is 0. The summed E-state index contributed by atoms with van der Waals surface area (Å²) in [6.07, 6.45) is 0.275. The van der Waals surface area contributed by atoms with Gasteiger partial charge in [0.05, 0.1) is 19.3 Å². The first-order valence-electron chi connectivity index (χ1n) is 4.48. The number of carbonyl (C=O) groups excluding carboxylic acids is 1. The van der Waals surface area contributed by atoms with Crippen LogP contribution in [0.2, 0.25) is 0 Å². The molecule has 0 spiro atoms. The molecule has 0 unspecified atom stereocenters. The van der Waals surface area contributed by atoms with Crippen molar-refractivity contribution in [3.8, 4) is 0 Å². The van der Waals surface area contributed by atoms with Gasteiger partial charge in [0.2, 0.25) is 0 Å². The number of methoxy groups -OCH3 is 1. The molecular formula is C10H11F2NO3. The van der Waals surface area contributed by atoms with Gasteiger partial charge in [0.15, 0.2) is 11.6 Å². The van der Waals surface area contributed by atoms with Crippen molar-refractivity contribution < 1.29 is 23.1 Å². The van der Waals surface area contributed by atoms with Crippen molar-refractivity contribution in [3.05, 3.63) is 34.9 Å². The minimum absolute atomic E-state index is 0.145. The minimum Gasteiger partial charge on any atom is -0.465 e. The molecule has 0 fully saturated rings. The van der Waals surface area contributed by atoms with Gasteiger partial charge in [-0.2, -0.15) is 0 Å². The predicted molar refractivity (Wildman–Crippen MR) is 51.5 cm³/mol. The fourth-order valence-corrected chi connectivity index (χ4v) is 1.22. The highest BCUT2D eigenvalue weighted by Gasteiger charge is 2.17. The van der Waals surface area contributed by atoms with Crippen molar-refractivity contribution in [2.75, 3.05) is 13.7 Å². The summed E-state index contributed by atoms with van der Waals surface area (Å²) in [6.45, 7) is 0.145. The van der Waals surface area contributed by atoms with E-state index in [0.717, 1.165) is 13.2 Å². The smallest absolute Gasteiger partial charge is 0.340 e. The maximum atomic E-state index is 13.2. The summed E-state index contributed by atoms with van der Waals surface area (Å²) < 4.78 is 30.6. The van der Waals surface area contributed by atoms with Gasteiger partial charge in [0.25, 0.3) is 0 Å². The molecule has 0 bridgehead atoms. The van der Waals surface area contributed by atoms with Gasteiger partial charge in [-0.3, -0.25) is 0 Å². The van der Waals surface area contributed by atoms with Gasteiger partial charge in [0, 0.05) is 0 Å². The van der Waals surface area contributed by atoms with Crippen molar-refractivity contribution in [2.24, 2.45) is 5.90 Å². The number of halogens is 2. The summed E-state index contributed by atoms with van der Waals surface area (Å²) in [5.74, 6) is 1.56. The molecule has 0 amide bonds. The molecule has 0 aromatic heterocycles. The number of esters is 1. The van der Waals surface area contributed by atoms with Gasteiger partial charge in [-0.25, -0.2) is 19.5 Å². The molecule has 0 aliphatic rings. The van der Waals surface area contributed by atoms with E-state index in [2.05, 4.69) is 9.57 Å². The number of benzene rings is 1. The van der Waals surface area contributed by atoms with Crippen LogP contribution in [0.25, 0.3) is 0 Å². The van der Waals surface area contributed by atoms with E-state index < -0.39 is 23.2 Å². The van der Waals surface area contributed by atoms with Crippen LogP contribution in [0.15, 0.2) is 12.1 Å². The van der Waals surface area contributed by atoms with E-state index in [4.69, 9.17) is 5.90 Å². The second-order valence-electron chi connectivity index (χ2n) is 3.05. The first-order chi connectivity index (χ1) is 7.60. The predicted octanol–water partition coefficient (Wildman–Crippen LogP) is 1.18. The number of rotatable bonds is 4. The zero-order chi connectivity index (χ0) is 12.1. The number of carbonyl (C=O) groups is 1. The molecular weight excluding hydrogens is 220 g/mol. The van der Waals surface area contributed by atoms with Crippen LogP contribution in [0.5, 0.6) is 0 Å². The Morgan fingerprint density at radius 1 is 1.44 bits per heavy atom. The van der Waals surface area contributed by atoms with Gasteiger partial charge < -0.3 is 9.57 Å². The number of ether oxygens (including phenoxy) is 1. The Morgan fingerprint density at radius 3 is 2.69 bits per heavy atom. The molecule has 0 radical (unpaired) electrons. The Bertz CT molecular complexity index is 396. The molecule has 0 aliphatic carbocycles. The van der Waals surface area contributed by atoms with Gasteiger partial charge in [-0.15, -0.1) is 0 Å². The van der Waals surface area contributed by atoms with Gasteiger partial charge in [-0.05, 0) is 24.1 Å². The van der Waals surface area contributed by atoms with Crippen molar-refractivity contribution >= 4 is 5.97 Å². The Hall–Kier alpha value is -1.53. The molecule has 0 saturated heterocycles. The van der Waals surface area contributed by atoms with Crippen LogP contribution in [-0.2, 0) is 16.0 Å². The number of nitrogens with two attached hydrogens (primary N) is 1. The van der Waals surface area contributed by atoms with E-state index in [0.29, 0.717) is 5.56 Å². The lowest BCUT2D eigenvalue weighted by Gasteiger charge is -2.06. The molecule has 0 aliphatic heterocycles. The van der Waals surface area contributed by atoms with E-state index in [1.807, 2.05) is 0 Å². The van der Waals surface area contributed by atoms with Crippen molar-refractivity contribution in [3.63, 3.8) is 0 Å². The standard InChI is InChI=1S/C10H11F2NO3/c1-15-10(14)7-4-6(2-3-16-13)5-8(11)9(7)12/h4-5H,2-3,13H2,1H3. The second-order valence-corrected chi connectivity index (χ2v) is 3.05. The maximum absolute atomic E-state index is 13.2. The van der Waals surface area contributed by atoms with E-state index >= 15 is 0 Å². The second kappa shape index (κ2) is 5.53. The number of hydrogen-bond acceptors (Lipinski definition) is 4. The SMILES string of the molecule is COC(=O)c1cc(CCON)cc(F)c1F. The Kier molecular flexibility index (Phi) is 4.33. The normalized spacial score (nSPS) is 10.2. The maximum Gasteiger partial charge on any atom is 0.340 e. The van der Waals surface area contributed by atoms with E-state index in [9.17, 15) is 13.6 Å². The highest BCUT2D eigenvalue weighted by Crippen LogP contribution is 2.16. The van der Waals surface area contributed by atoms with Crippen LogP contribution in [0.4, 0.5) is 8.78 Å². The van der Waals surface area contributed by atoms with Crippen LogP contribution < -0.4 is 5.90 Å². The Morgan fingerprint density at radius 2 is 2.12 bits per heavy atom. The Labute approximate surface area is 90.9 Å². The van der Waals surface area contributed by atoms with E-state index in [1.54, 1.807) is 0 Å². The average Bonchev–Trinajstić information content (AvgIpc) is 2.29. The molecule has 0 saturated carbocycles. The van der Waals surface area contributed by atoms with E-state index in [-0.39, 0.29) is 13.0 Å². The summed E-state index contributed by atoms with van der Waals surface area (Å²) in [5.41, 5.74) is -0.0285. The fourth-order valence-electron chi connectivity index (χ4n) is 1.22. The monoisotopic (exact) mass is 231 g/mol. The Balaban J connectivity index is 3.06. The molecule has 16 heavy (non-hydrogen) atoms. The van der Waals surface area contributed by atoms with Gasteiger partial charge >= 0.3 is 5.97 Å². The van der Waals surface area contributed by atoms with Crippen molar-refractivity contribution in [1.82, 2.24) is 0 Å². The van der Waals surface area contributed by atoms with Gasteiger partial charge in [0.1, 0.15) is 0 Å². The molecule has 4 nitrogen and oxygen atoms in total. The third-order valence-corrected chi connectivity index (χ3v) is 2.00. The molecule has 1 aromatic rings. The van der Waals surface area contributed by atoms with Crippen LogP contribution in [0.1, 0.15) is 15.9 Å². The number of hydrogen-bond donors (Lipinski definition) is 1. The highest BCUT2D eigenvalue weighted by molar-refractivity contribution is 5.89. The molecule has 0 heterocycles. The largest absolute Gasteiger partial charge is 0.465 e. The molecule has 0 atom stereocenters. The third-order valence-electron chi connectivity index (χ3n) is 2.00. The first kappa shape index (κ1) is 12.5. The zero-order valence-electron chi connectivity index (χ0n) is 8.63. The lowest BCUT2D eigenvalue weighted by atomic mass is 10.1. The van der Waals surface area contributed by atoms with Crippen LogP contribution in [0, 0.1) is 11.6 Å². The summed E-state index contributed by atoms with van der Waals surface area (Å²) in [6, 6.07) is 2.20. The summed E-state index contributed by atoms with van der Waals surface area (Å²) in [7, 11) is 1.09. The van der Waals surface area contributed by atoms with E-state index in [1.165, 1.54) is 6.07 Å². The third kappa shape index (κ3) is 2.74. The lowest BCUT2D eigenvalue weighted by Crippen LogP contribution is -2.09. The highest BCUT2D eigenvalue weighted by atomic mass is 19.2. The molecule has 6 heteroatoms. The average molecular weight is 231 g/mol. The van der Waals surface area contributed by atoms with Crippen molar-refractivity contribution in [1.29, 1.82) is 0 Å². The van der Waals surface area contributed by atoms with Crippen LogP contribution in [-0.4, -0.2) is 19.7 Å². The lowest BCUT2D eigenvalue weighted by molar-refractivity contribution is 0.0594. The molecule has 1 rings (SSSR count). The topological polar surface area (TPSA) is 61.5 Å². The molecule has 1 aromatic carbocycles. The first-order valence-corrected chi connectivity index (χ1v) is 4.48. The van der Waals surface area contributed by atoms with Crippen LogP contribution in [0.3, 0.4) is 0 Å². The summed E-state index contributed by atoms with van der Waals surface area (Å²) >= 11 is 0. The fraction of sp³-hybridized carbons (Fsp3) is 0.300. The molecule has 2 N–H and O–H groups in total. The summed E-state index contributed by atoms with van der Waals surface area (Å²) in [4.78, 5) is 15.4. The quantitative estimate of drug-likeness (QED) is 0.624. The van der Waals surface area contributed by atoms with Crippen LogP contribution >= 0.6 is 0 Å². The minimum atomic E-state index is -1.22.